The van der Waals surface area contributed by atoms with Crippen LogP contribution in [0.3, 0.4) is 0 Å². The van der Waals surface area contributed by atoms with Crippen LogP contribution in [0.15, 0.2) is 36.5 Å². The summed E-state index contributed by atoms with van der Waals surface area (Å²) < 4.78 is 11.1. The number of carbonyl (C=O) groups is 1. The summed E-state index contributed by atoms with van der Waals surface area (Å²) in [5, 5.41) is 75.6. The molecular weight excluding hydrogens is 811 g/mol. The van der Waals surface area contributed by atoms with Gasteiger partial charge in [0.15, 0.2) is 6.29 Å². The highest BCUT2D eigenvalue weighted by Gasteiger charge is 2.44. The second kappa shape index (κ2) is 42.7. The van der Waals surface area contributed by atoms with Gasteiger partial charge in [0.25, 0.3) is 0 Å². The maximum atomic E-state index is 13.0. The summed E-state index contributed by atoms with van der Waals surface area (Å²) >= 11 is 0. The number of unbranched alkanes of at least 4 members (excludes halogenated alkanes) is 27. The van der Waals surface area contributed by atoms with Crippen LogP contribution >= 0.6 is 0 Å². The van der Waals surface area contributed by atoms with Crippen LogP contribution in [-0.4, -0.2) is 110 Å². The summed E-state index contributed by atoms with van der Waals surface area (Å²) in [6.45, 7) is 3.39. The van der Waals surface area contributed by atoms with Gasteiger partial charge in [-0.3, -0.25) is 4.79 Å². The number of ether oxygens (including phenoxy) is 2. The third kappa shape index (κ3) is 31.3. The van der Waals surface area contributed by atoms with Crippen molar-refractivity contribution in [3.8, 4) is 0 Å². The quantitative estimate of drug-likeness (QED) is 0.0216. The van der Waals surface area contributed by atoms with Crippen LogP contribution in [0, 0.1) is 0 Å². The molecule has 376 valence electrons. The fourth-order valence-corrected chi connectivity index (χ4v) is 8.31. The summed E-state index contributed by atoms with van der Waals surface area (Å²) in [6, 6.07) is -1.21. The van der Waals surface area contributed by atoms with Gasteiger partial charge < -0.3 is 50.5 Å². The number of hydrogen-bond donors (Lipinski definition) is 8. The minimum Gasteiger partial charge on any atom is -0.394 e. The number of hydrogen-bond acceptors (Lipinski definition) is 10. The Morgan fingerprint density at radius 1 is 0.562 bits per heavy atom. The van der Waals surface area contributed by atoms with E-state index < -0.39 is 74.2 Å². The predicted molar refractivity (Wildman–Crippen MR) is 261 cm³/mol. The molecule has 0 aromatic carbocycles. The van der Waals surface area contributed by atoms with Crippen molar-refractivity contribution in [3.05, 3.63) is 36.5 Å². The lowest BCUT2D eigenvalue weighted by molar-refractivity contribution is -0.303. The summed E-state index contributed by atoms with van der Waals surface area (Å²) in [4.78, 5) is 13.0. The highest BCUT2D eigenvalue weighted by molar-refractivity contribution is 5.81. The molecule has 11 nitrogen and oxygen atoms in total. The molecule has 9 unspecified atom stereocenters. The van der Waals surface area contributed by atoms with Crippen LogP contribution in [0.5, 0.6) is 0 Å². The third-order valence-electron chi connectivity index (χ3n) is 12.7. The van der Waals surface area contributed by atoms with Gasteiger partial charge in [0, 0.05) is 6.42 Å². The van der Waals surface area contributed by atoms with Crippen molar-refractivity contribution in [3.63, 3.8) is 0 Å². The molecule has 1 heterocycles. The molecular formula is C53H99NO10. The molecule has 0 aromatic rings. The molecule has 1 aliphatic rings. The molecule has 0 bridgehead atoms. The van der Waals surface area contributed by atoms with Gasteiger partial charge in [-0.25, -0.2) is 0 Å². The predicted octanol–water partition coefficient (Wildman–Crippen LogP) is 9.95. The van der Waals surface area contributed by atoms with E-state index in [-0.39, 0.29) is 12.8 Å². The topological polar surface area (TPSA) is 189 Å². The van der Waals surface area contributed by atoms with Crippen LogP contribution < -0.4 is 5.32 Å². The number of nitrogens with one attached hydrogen (secondary N) is 1. The second-order valence-electron chi connectivity index (χ2n) is 18.6. The first-order valence-corrected chi connectivity index (χ1v) is 26.4. The zero-order chi connectivity index (χ0) is 46.9. The van der Waals surface area contributed by atoms with Crippen LogP contribution in [0.25, 0.3) is 0 Å². The Morgan fingerprint density at radius 3 is 1.45 bits per heavy atom. The average molecular weight is 910 g/mol. The highest BCUT2D eigenvalue weighted by atomic mass is 16.7. The number of carbonyl (C=O) groups excluding carboxylic acids is 1. The smallest absolute Gasteiger partial charge is 0.249 e. The van der Waals surface area contributed by atoms with Gasteiger partial charge in [-0.15, -0.1) is 0 Å². The van der Waals surface area contributed by atoms with Gasteiger partial charge in [-0.05, 0) is 51.4 Å². The SMILES string of the molecule is CCCCCCCC/C=C\C/C=C\CC(O)C(=O)NC(COC1OC(CO)C(O)C(O)C1O)C(O)C(O)CCC/C=C/CCCCCCCCCCCCCCCCCCCCCC. The summed E-state index contributed by atoms with van der Waals surface area (Å²) in [5.74, 6) is -0.773. The molecule has 0 radical (unpaired) electrons. The van der Waals surface area contributed by atoms with Crippen LogP contribution in [0.2, 0.25) is 0 Å². The Labute approximate surface area is 390 Å². The van der Waals surface area contributed by atoms with E-state index in [0.29, 0.717) is 12.8 Å². The van der Waals surface area contributed by atoms with Crippen molar-refractivity contribution in [1.29, 1.82) is 0 Å². The number of rotatable bonds is 44. The Hall–Kier alpha value is -1.67. The average Bonchev–Trinajstić information content (AvgIpc) is 3.29. The monoisotopic (exact) mass is 910 g/mol. The van der Waals surface area contributed by atoms with Crippen molar-refractivity contribution in [1.82, 2.24) is 5.32 Å². The molecule has 1 fully saturated rings. The maximum absolute atomic E-state index is 13.0. The molecule has 1 amide bonds. The summed E-state index contributed by atoms with van der Waals surface area (Å²) in [6.07, 6.45) is 39.5. The Kier molecular flexibility index (Phi) is 40.2. The lowest BCUT2D eigenvalue weighted by atomic mass is 9.99. The van der Waals surface area contributed by atoms with Gasteiger partial charge in [0.1, 0.15) is 36.6 Å². The third-order valence-corrected chi connectivity index (χ3v) is 12.7. The molecule has 1 rings (SSSR count). The second-order valence-corrected chi connectivity index (χ2v) is 18.6. The molecule has 0 spiro atoms. The highest BCUT2D eigenvalue weighted by Crippen LogP contribution is 2.23. The van der Waals surface area contributed by atoms with Gasteiger partial charge in [0.2, 0.25) is 5.91 Å². The van der Waals surface area contributed by atoms with E-state index in [1.165, 1.54) is 161 Å². The summed E-state index contributed by atoms with van der Waals surface area (Å²) in [7, 11) is 0. The molecule has 11 heteroatoms. The van der Waals surface area contributed by atoms with E-state index in [4.69, 9.17) is 9.47 Å². The van der Waals surface area contributed by atoms with Crippen LogP contribution in [0.4, 0.5) is 0 Å². The largest absolute Gasteiger partial charge is 0.394 e. The van der Waals surface area contributed by atoms with Crippen molar-refractivity contribution < 1.29 is 50.0 Å². The lowest BCUT2D eigenvalue weighted by Gasteiger charge is -2.40. The molecule has 1 saturated heterocycles. The van der Waals surface area contributed by atoms with E-state index in [1.54, 1.807) is 6.08 Å². The van der Waals surface area contributed by atoms with Gasteiger partial charge >= 0.3 is 0 Å². The van der Waals surface area contributed by atoms with E-state index in [0.717, 1.165) is 25.7 Å². The first kappa shape index (κ1) is 60.3. The molecule has 0 aliphatic carbocycles. The summed E-state index contributed by atoms with van der Waals surface area (Å²) in [5.41, 5.74) is 0. The van der Waals surface area contributed by atoms with Crippen molar-refractivity contribution in [2.24, 2.45) is 0 Å². The first-order valence-electron chi connectivity index (χ1n) is 26.4. The molecule has 64 heavy (non-hydrogen) atoms. The molecule has 8 N–H and O–H groups in total. The maximum Gasteiger partial charge on any atom is 0.249 e. The zero-order valence-corrected chi connectivity index (χ0v) is 40.8. The number of aliphatic hydroxyl groups is 7. The van der Waals surface area contributed by atoms with Crippen LogP contribution in [0.1, 0.15) is 226 Å². The lowest BCUT2D eigenvalue weighted by Crippen LogP contribution is -2.60. The van der Waals surface area contributed by atoms with E-state index in [1.807, 2.05) is 6.08 Å². The number of aliphatic hydroxyl groups excluding tert-OH is 7. The van der Waals surface area contributed by atoms with Gasteiger partial charge in [-0.2, -0.15) is 0 Å². The molecule has 0 aromatic heterocycles. The van der Waals surface area contributed by atoms with Gasteiger partial charge in [0.05, 0.1) is 25.4 Å². The van der Waals surface area contributed by atoms with E-state index in [9.17, 15) is 40.5 Å². The normalized spacial score (nSPS) is 21.3. The van der Waals surface area contributed by atoms with Gasteiger partial charge in [-0.1, -0.05) is 204 Å². The standard InChI is InChI=1S/C53H99NO10/c1-3-5-7-9-11-13-15-17-18-19-20-21-22-23-24-25-26-27-28-29-31-32-34-36-38-40-45(56)48(58)44(43-63-53-51(61)50(60)49(59)47(42-55)64-53)54-52(62)46(57)41-39-37-35-33-30-16-14-12-10-8-6-4-2/h30,32-34,37,39,44-51,53,55-61H,3-29,31,35-36,38,40-43H2,1-2H3,(H,54,62)/b33-30-,34-32+,39-37-. The molecule has 0 saturated carbocycles. The fraction of sp³-hybridized carbons (Fsp3) is 0.868. The molecule has 9 atom stereocenters. The zero-order valence-electron chi connectivity index (χ0n) is 40.8. The van der Waals surface area contributed by atoms with Crippen molar-refractivity contribution in [2.45, 2.75) is 281 Å². The minimum atomic E-state index is -1.68. The van der Waals surface area contributed by atoms with E-state index >= 15 is 0 Å². The fourth-order valence-electron chi connectivity index (χ4n) is 8.31. The van der Waals surface area contributed by atoms with Crippen molar-refractivity contribution >= 4 is 5.91 Å². The van der Waals surface area contributed by atoms with Crippen LogP contribution in [-0.2, 0) is 14.3 Å². The first-order chi connectivity index (χ1) is 31.2. The Balaban J connectivity index is 2.36. The van der Waals surface area contributed by atoms with Crippen molar-refractivity contribution in [2.75, 3.05) is 13.2 Å². The molecule has 1 aliphatic heterocycles. The van der Waals surface area contributed by atoms with E-state index in [2.05, 4.69) is 43.5 Å². The Morgan fingerprint density at radius 2 is 0.984 bits per heavy atom. The number of allylic oxidation sites excluding steroid dienone is 5. The Bertz CT molecular complexity index is 1130. The minimum absolute atomic E-state index is 0.0436. The number of amides is 1.